The molecule has 0 amide bonds. The summed E-state index contributed by atoms with van der Waals surface area (Å²) in [6, 6.07) is 5.90. The molecule has 0 aliphatic rings. The van der Waals surface area contributed by atoms with E-state index in [9.17, 15) is 0 Å². The molecule has 19 heavy (non-hydrogen) atoms. The molecule has 0 aliphatic carbocycles. The van der Waals surface area contributed by atoms with Crippen LogP contribution in [-0.2, 0) is 0 Å². The van der Waals surface area contributed by atoms with Gasteiger partial charge in [-0.25, -0.2) is 0 Å². The van der Waals surface area contributed by atoms with E-state index in [1.165, 1.54) is 0 Å². The van der Waals surface area contributed by atoms with Gasteiger partial charge in [0.1, 0.15) is 0 Å². The van der Waals surface area contributed by atoms with Crippen LogP contribution in [0.1, 0.15) is 20.8 Å². The summed E-state index contributed by atoms with van der Waals surface area (Å²) >= 11 is 1.67. The van der Waals surface area contributed by atoms with Gasteiger partial charge in [0.2, 0.25) is 0 Å². The van der Waals surface area contributed by atoms with Gasteiger partial charge < -0.3 is 5.32 Å². The molecular weight excluding hydrogens is 256 g/mol. The molecule has 5 heteroatoms. The van der Waals surface area contributed by atoms with Gasteiger partial charge in [0, 0.05) is 24.0 Å². The van der Waals surface area contributed by atoms with E-state index in [2.05, 4.69) is 42.9 Å². The molecule has 0 aromatic carbocycles. The topological polar surface area (TPSA) is 42.2 Å². The van der Waals surface area contributed by atoms with Crippen molar-refractivity contribution in [2.45, 2.75) is 31.5 Å². The summed E-state index contributed by atoms with van der Waals surface area (Å²) in [5.41, 5.74) is 2.16. The fraction of sp³-hybridized carbons (Fsp3) is 0.429. The average molecular weight is 276 g/mol. The van der Waals surface area contributed by atoms with Crippen LogP contribution in [0.3, 0.4) is 0 Å². The van der Waals surface area contributed by atoms with Crippen molar-refractivity contribution in [3.8, 4) is 0 Å². The van der Waals surface area contributed by atoms with Crippen LogP contribution < -0.4 is 5.32 Å². The zero-order valence-corrected chi connectivity index (χ0v) is 12.5. The average Bonchev–Trinajstić information content (AvgIpc) is 2.76. The minimum Gasteiger partial charge on any atom is -0.308 e. The standard InChI is InChI=1S/C14H20N4S/c1-11(9-15-14(2,3)4)10-19-13-17-16-12-7-5-6-8-18(12)13/h5-8,15H,1,9-10H2,2-4H3. The van der Waals surface area contributed by atoms with Crippen LogP contribution in [0.5, 0.6) is 0 Å². The molecule has 0 unspecified atom stereocenters. The Morgan fingerprint density at radius 2 is 2.16 bits per heavy atom. The summed E-state index contributed by atoms with van der Waals surface area (Å²) in [5.74, 6) is 0.846. The van der Waals surface area contributed by atoms with Crippen molar-refractivity contribution in [2.75, 3.05) is 12.3 Å². The maximum Gasteiger partial charge on any atom is 0.195 e. The van der Waals surface area contributed by atoms with Crippen LogP contribution in [0.4, 0.5) is 0 Å². The molecule has 0 bridgehead atoms. The molecule has 0 spiro atoms. The highest BCUT2D eigenvalue weighted by Gasteiger charge is 2.10. The Morgan fingerprint density at radius 3 is 2.89 bits per heavy atom. The van der Waals surface area contributed by atoms with E-state index in [0.717, 1.165) is 28.7 Å². The Labute approximate surface area is 118 Å². The number of hydrogen-bond acceptors (Lipinski definition) is 4. The van der Waals surface area contributed by atoms with Gasteiger partial charge in [0.25, 0.3) is 0 Å². The third-order valence-electron chi connectivity index (χ3n) is 2.56. The van der Waals surface area contributed by atoms with Crippen molar-refractivity contribution in [1.29, 1.82) is 0 Å². The zero-order chi connectivity index (χ0) is 13.9. The lowest BCUT2D eigenvalue weighted by Gasteiger charge is -2.21. The first-order valence-electron chi connectivity index (χ1n) is 6.30. The second kappa shape index (κ2) is 5.75. The normalized spacial score (nSPS) is 11.9. The van der Waals surface area contributed by atoms with Gasteiger partial charge in [-0.1, -0.05) is 30.0 Å². The number of hydrogen-bond donors (Lipinski definition) is 1. The SMILES string of the molecule is C=C(CNC(C)(C)C)CSc1nnc2ccccn12. The number of rotatable bonds is 5. The van der Waals surface area contributed by atoms with E-state index in [1.54, 1.807) is 11.8 Å². The van der Waals surface area contributed by atoms with Gasteiger partial charge in [-0.2, -0.15) is 0 Å². The first kappa shape index (κ1) is 14.1. The molecule has 4 nitrogen and oxygen atoms in total. The lowest BCUT2D eigenvalue weighted by atomic mass is 10.1. The number of fused-ring (bicyclic) bond motifs is 1. The summed E-state index contributed by atoms with van der Waals surface area (Å²) in [6.45, 7) is 11.4. The summed E-state index contributed by atoms with van der Waals surface area (Å²) in [5, 5.41) is 12.7. The molecule has 0 aliphatic heterocycles. The molecule has 0 atom stereocenters. The highest BCUT2D eigenvalue weighted by Crippen LogP contribution is 2.18. The molecular formula is C14H20N4S. The Balaban J connectivity index is 1.90. The van der Waals surface area contributed by atoms with Crippen molar-refractivity contribution >= 4 is 17.4 Å². The number of thioether (sulfide) groups is 1. The largest absolute Gasteiger partial charge is 0.308 e. The smallest absolute Gasteiger partial charge is 0.195 e. The Kier molecular flexibility index (Phi) is 4.27. The number of aromatic nitrogens is 3. The van der Waals surface area contributed by atoms with E-state index in [0.29, 0.717) is 0 Å². The number of pyridine rings is 1. The minimum atomic E-state index is 0.120. The Hall–Kier alpha value is -1.33. The Morgan fingerprint density at radius 1 is 1.37 bits per heavy atom. The number of nitrogens with zero attached hydrogens (tertiary/aromatic N) is 3. The van der Waals surface area contributed by atoms with E-state index in [4.69, 9.17) is 0 Å². The Bertz CT molecular complexity index is 568. The van der Waals surface area contributed by atoms with Crippen LogP contribution in [0.15, 0.2) is 41.7 Å². The van der Waals surface area contributed by atoms with Crippen molar-refractivity contribution < 1.29 is 0 Å². The molecule has 0 fully saturated rings. The first-order valence-corrected chi connectivity index (χ1v) is 7.28. The molecule has 2 aromatic heterocycles. The maximum absolute atomic E-state index is 4.19. The highest BCUT2D eigenvalue weighted by molar-refractivity contribution is 7.99. The molecule has 0 saturated carbocycles. The molecule has 2 aromatic rings. The zero-order valence-electron chi connectivity index (χ0n) is 11.7. The molecule has 102 valence electrons. The molecule has 2 heterocycles. The van der Waals surface area contributed by atoms with E-state index in [-0.39, 0.29) is 5.54 Å². The van der Waals surface area contributed by atoms with Gasteiger partial charge >= 0.3 is 0 Å². The maximum atomic E-state index is 4.19. The van der Waals surface area contributed by atoms with Crippen LogP contribution in [-0.4, -0.2) is 32.4 Å². The fourth-order valence-electron chi connectivity index (χ4n) is 1.53. The van der Waals surface area contributed by atoms with Gasteiger partial charge in [0.15, 0.2) is 10.8 Å². The summed E-state index contributed by atoms with van der Waals surface area (Å²) in [4.78, 5) is 0. The van der Waals surface area contributed by atoms with Gasteiger partial charge in [-0.05, 0) is 32.9 Å². The van der Waals surface area contributed by atoms with Crippen molar-refractivity contribution in [1.82, 2.24) is 19.9 Å². The monoisotopic (exact) mass is 276 g/mol. The van der Waals surface area contributed by atoms with Gasteiger partial charge in [0.05, 0.1) is 0 Å². The summed E-state index contributed by atoms with van der Waals surface area (Å²) in [6.07, 6.45) is 1.98. The van der Waals surface area contributed by atoms with Crippen LogP contribution in [0, 0.1) is 0 Å². The summed E-state index contributed by atoms with van der Waals surface area (Å²) < 4.78 is 2.00. The predicted octanol–water partition coefficient (Wildman–Crippen LogP) is 2.77. The van der Waals surface area contributed by atoms with Crippen LogP contribution in [0.25, 0.3) is 5.65 Å². The van der Waals surface area contributed by atoms with Crippen LogP contribution in [0.2, 0.25) is 0 Å². The van der Waals surface area contributed by atoms with Crippen molar-refractivity contribution in [2.24, 2.45) is 0 Å². The minimum absolute atomic E-state index is 0.120. The fourth-order valence-corrected chi connectivity index (χ4v) is 2.35. The highest BCUT2D eigenvalue weighted by atomic mass is 32.2. The summed E-state index contributed by atoms with van der Waals surface area (Å²) in [7, 11) is 0. The van der Waals surface area contributed by atoms with Crippen molar-refractivity contribution in [3.05, 3.63) is 36.5 Å². The third kappa shape index (κ3) is 4.08. The quantitative estimate of drug-likeness (QED) is 0.673. The lowest BCUT2D eigenvalue weighted by Crippen LogP contribution is -2.37. The molecule has 0 saturated heterocycles. The van der Waals surface area contributed by atoms with E-state index >= 15 is 0 Å². The second-order valence-electron chi connectivity index (χ2n) is 5.55. The van der Waals surface area contributed by atoms with Gasteiger partial charge in [-0.15, -0.1) is 10.2 Å². The molecule has 0 radical (unpaired) electrons. The van der Waals surface area contributed by atoms with Crippen molar-refractivity contribution in [3.63, 3.8) is 0 Å². The second-order valence-corrected chi connectivity index (χ2v) is 6.50. The van der Waals surface area contributed by atoms with E-state index < -0.39 is 0 Å². The molecule has 1 N–H and O–H groups in total. The third-order valence-corrected chi connectivity index (χ3v) is 3.65. The number of nitrogens with one attached hydrogen (secondary N) is 1. The van der Waals surface area contributed by atoms with Crippen LogP contribution >= 0.6 is 11.8 Å². The lowest BCUT2D eigenvalue weighted by molar-refractivity contribution is 0.445. The predicted molar refractivity (Wildman–Crippen MR) is 80.6 cm³/mol. The first-order chi connectivity index (χ1) is 8.96. The van der Waals surface area contributed by atoms with E-state index in [1.807, 2.05) is 28.8 Å². The van der Waals surface area contributed by atoms with Gasteiger partial charge in [-0.3, -0.25) is 4.40 Å². The molecule has 2 rings (SSSR count).